The lowest BCUT2D eigenvalue weighted by atomic mass is 9.97. The Balaban J connectivity index is 2.53. The summed E-state index contributed by atoms with van der Waals surface area (Å²) in [5, 5.41) is 5.74. The number of nitrogens with one attached hydrogen (secondary N) is 2. The number of rotatable bonds is 6. The van der Waals surface area contributed by atoms with Crippen LogP contribution < -0.4 is 20.1 Å². The standard InChI is InChI=1S/C17H28N2O3/c1-12-9-14(21-5)15(22-6)10-13(12)7-8-18-16(20)19-11-17(2,3)4/h9-10H,7-8,11H2,1-6H3,(H2,18,19,20). The van der Waals surface area contributed by atoms with Crippen LogP contribution in [0, 0.1) is 12.3 Å². The second kappa shape index (κ2) is 7.92. The van der Waals surface area contributed by atoms with Gasteiger partial charge in [-0.05, 0) is 42.0 Å². The third kappa shape index (κ3) is 5.84. The first-order valence-corrected chi connectivity index (χ1v) is 7.50. The van der Waals surface area contributed by atoms with E-state index in [1.807, 2.05) is 19.1 Å². The predicted molar refractivity (Wildman–Crippen MR) is 88.8 cm³/mol. The van der Waals surface area contributed by atoms with Gasteiger partial charge in [0.1, 0.15) is 0 Å². The molecule has 0 spiro atoms. The van der Waals surface area contributed by atoms with E-state index in [2.05, 4.69) is 31.4 Å². The molecule has 0 heterocycles. The Morgan fingerprint density at radius 1 is 1.09 bits per heavy atom. The van der Waals surface area contributed by atoms with Gasteiger partial charge in [-0.15, -0.1) is 0 Å². The Bertz CT molecular complexity index is 507. The van der Waals surface area contributed by atoms with Crippen molar-refractivity contribution in [3.63, 3.8) is 0 Å². The average Bonchev–Trinajstić information content (AvgIpc) is 2.45. The summed E-state index contributed by atoms with van der Waals surface area (Å²) >= 11 is 0. The van der Waals surface area contributed by atoms with Crippen LogP contribution in [-0.2, 0) is 6.42 Å². The van der Waals surface area contributed by atoms with Gasteiger partial charge < -0.3 is 20.1 Å². The molecule has 0 fully saturated rings. The number of benzene rings is 1. The molecule has 0 saturated heterocycles. The number of carbonyl (C=O) groups excluding carboxylic acids is 1. The molecule has 0 aliphatic heterocycles. The Kier molecular flexibility index (Phi) is 6.53. The minimum atomic E-state index is -0.131. The lowest BCUT2D eigenvalue weighted by Crippen LogP contribution is -2.40. The minimum Gasteiger partial charge on any atom is -0.493 e. The quantitative estimate of drug-likeness (QED) is 0.849. The first-order chi connectivity index (χ1) is 10.3. The van der Waals surface area contributed by atoms with Gasteiger partial charge in [0.05, 0.1) is 14.2 Å². The number of urea groups is 1. The minimum absolute atomic E-state index is 0.0806. The summed E-state index contributed by atoms with van der Waals surface area (Å²) in [6, 6.07) is 3.78. The first-order valence-electron chi connectivity index (χ1n) is 7.50. The predicted octanol–water partition coefficient (Wildman–Crippen LogP) is 2.90. The van der Waals surface area contributed by atoms with E-state index in [4.69, 9.17) is 9.47 Å². The smallest absolute Gasteiger partial charge is 0.314 e. The molecular formula is C17H28N2O3. The molecule has 1 aromatic carbocycles. The highest BCUT2D eigenvalue weighted by atomic mass is 16.5. The fraction of sp³-hybridized carbons (Fsp3) is 0.588. The van der Waals surface area contributed by atoms with E-state index in [-0.39, 0.29) is 11.4 Å². The molecule has 0 atom stereocenters. The molecule has 0 aliphatic carbocycles. The summed E-state index contributed by atoms with van der Waals surface area (Å²) in [5.74, 6) is 1.43. The maximum Gasteiger partial charge on any atom is 0.314 e. The second-order valence-corrected chi connectivity index (χ2v) is 6.55. The summed E-state index contributed by atoms with van der Waals surface area (Å²) in [4.78, 5) is 11.7. The summed E-state index contributed by atoms with van der Waals surface area (Å²) in [6.45, 7) is 9.50. The van der Waals surface area contributed by atoms with E-state index < -0.39 is 0 Å². The zero-order valence-electron chi connectivity index (χ0n) is 14.5. The Hall–Kier alpha value is -1.91. The van der Waals surface area contributed by atoms with Gasteiger partial charge >= 0.3 is 6.03 Å². The summed E-state index contributed by atoms with van der Waals surface area (Å²) in [5.41, 5.74) is 2.33. The molecule has 2 amide bonds. The fourth-order valence-corrected chi connectivity index (χ4v) is 2.01. The highest BCUT2D eigenvalue weighted by Gasteiger charge is 2.12. The van der Waals surface area contributed by atoms with E-state index >= 15 is 0 Å². The Morgan fingerprint density at radius 2 is 1.68 bits per heavy atom. The van der Waals surface area contributed by atoms with Gasteiger partial charge in [-0.1, -0.05) is 20.8 Å². The third-order valence-electron chi connectivity index (χ3n) is 3.30. The SMILES string of the molecule is COc1cc(C)c(CCNC(=O)NCC(C)(C)C)cc1OC. The van der Waals surface area contributed by atoms with Crippen LogP contribution in [0.15, 0.2) is 12.1 Å². The number of ether oxygens (including phenoxy) is 2. The molecule has 0 aromatic heterocycles. The Labute approximate surface area is 133 Å². The van der Waals surface area contributed by atoms with Crippen LogP contribution in [0.3, 0.4) is 0 Å². The van der Waals surface area contributed by atoms with Crippen LogP contribution in [0.1, 0.15) is 31.9 Å². The molecule has 0 aliphatic rings. The number of aryl methyl sites for hydroxylation is 1. The zero-order valence-corrected chi connectivity index (χ0v) is 14.5. The number of hydrogen-bond acceptors (Lipinski definition) is 3. The Morgan fingerprint density at radius 3 is 2.23 bits per heavy atom. The van der Waals surface area contributed by atoms with E-state index in [1.165, 1.54) is 0 Å². The molecule has 124 valence electrons. The van der Waals surface area contributed by atoms with E-state index in [1.54, 1.807) is 14.2 Å². The van der Waals surface area contributed by atoms with Crippen LogP contribution >= 0.6 is 0 Å². The molecule has 5 nitrogen and oxygen atoms in total. The van der Waals surface area contributed by atoms with Gasteiger partial charge in [0.2, 0.25) is 0 Å². The molecule has 0 unspecified atom stereocenters. The largest absolute Gasteiger partial charge is 0.493 e. The molecule has 1 aromatic rings. The third-order valence-corrected chi connectivity index (χ3v) is 3.30. The van der Waals surface area contributed by atoms with Crippen molar-refractivity contribution >= 4 is 6.03 Å². The van der Waals surface area contributed by atoms with Crippen molar-refractivity contribution in [3.05, 3.63) is 23.3 Å². The maximum atomic E-state index is 11.7. The fourth-order valence-electron chi connectivity index (χ4n) is 2.01. The molecule has 1 rings (SSSR count). The molecule has 0 saturated carbocycles. The van der Waals surface area contributed by atoms with Gasteiger partial charge in [0.15, 0.2) is 11.5 Å². The van der Waals surface area contributed by atoms with Crippen LogP contribution in [0.5, 0.6) is 11.5 Å². The van der Waals surface area contributed by atoms with Gasteiger partial charge in [-0.25, -0.2) is 4.79 Å². The summed E-state index contributed by atoms with van der Waals surface area (Å²) < 4.78 is 10.6. The number of methoxy groups -OCH3 is 2. The van der Waals surface area contributed by atoms with Crippen molar-refractivity contribution in [3.8, 4) is 11.5 Å². The van der Waals surface area contributed by atoms with Crippen LogP contribution in [0.2, 0.25) is 0 Å². The molecular weight excluding hydrogens is 280 g/mol. The van der Waals surface area contributed by atoms with Crippen molar-refractivity contribution in [1.82, 2.24) is 10.6 Å². The summed E-state index contributed by atoms with van der Waals surface area (Å²) in [6.07, 6.45) is 0.745. The summed E-state index contributed by atoms with van der Waals surface area (Å²) in [7, 11) is 3.24. The van der Waals surface area contributed by atoms with Crippen LogP contribution in [0.4, 0.5) is 4.79 Å². The van der Waals surface area contributed by atoms with Gasteiger partial charge in [0.25, 0.3) is 0 Å². The van der Waals surface area contributed by atoms with Gasteiger partial charge in [-0.3, -0.25) is 0 Å². The van der Waals surface area contributed by atoms with Crippen molar-refractivity contribution in [2.45, 2.75) is 34.1 Å². The molecule has 0 bridgehead atoms. The molecule has 2 N–H and O–H groups in total. The van der Waals surface area contributed by atoms with Crippen molar-refractivity contribution in [2.24, 2.45) is 5.41 Å². The van der Waals surface area contributed by atoms with E-state index in [9.17, 15) is 4.79 Å². The van der Waals surface area contributed by atoms with Crippen LogP contribution in [-0.4, -0.2) is 33.3 Å². The highest BCUT2D eigenvalue weighted by molar-refractivity contribution is 5.73. The van der Waals surface area contributed by atoms with Crippen molar-refractivity contribution < 1.29 is 14.3 Å². The van der Waals surface area contributed by atoms with Crippen molar-refractivity contribution in [1.29, 1.82) is 0 Å². The molecule has 5 heteroatoms. The topological polar surface area (TPSA) is 59.6 Å². The average molecular weight is 308 g/mol. The molecule has 0 radical (unpaired) electrons. The highest BCUT2D eigenvalue weighted by Crippen LogP contribution is 2.30. The number of amides is 2. The zero-order chi connectivity index (χ0) is 16.8. The second-order valence-electron chi connectivity index (χ2n) is 6.55. The maximum absolute atomic E-state index is 11.7. The van der Waals surface area contributed by atoms with Crippen LogP contribution in [0.25, 0.3) is 0 Å². The van der Waals surface area contributed by atoms with Gasteiger partial charge in [0, 0.05) is 13.1 Å². The first kappa shape index (κ1) is 18.1. The number of carbonyl (C=O) groups is 1. The van der Waals surface area contributed by atoms with E-state index in [0.717, 1.165) is 23.3 Å². The normalized spacial score (nSPS) is 11.0. The van der Waals surface area contributed by atoms with Gasteiger partial charge in [-0.2, -0.15) is 0 Å². The van der Waals surface area contributed by atoms with Crippen molar-refractivity contribution in [2.75, 3.05) is 27.3 Å². The lowest BCUT2D eigenvalue weighted by Gasteiger charge is -2.19. The lowest BCUT2D eigenvalue weighted by molar-refractivity contribution is 0.235. The monoisotopic (exact) mass is 308 g/mol. The number of hydrogen-bond donors (Lipinski definition) is 2. The molecule has 22 heavy (non-hydrogen) atoms. The van der Waals surface area contributed by atoms with E-state index in [0.29, 0.717) is 18.8 Å².